The van der Waals surface area contributed by atoms with E-state index in [2.05, 4.69) is 20.2 Å². The molecule has 1 saturated heterocycles. The number of rotatable bonds is 5. The highest BCUT2D eigenvalue weighted by molar-refractivity contribution is 5.66. The van der Waals surface area contributed by atoms with Crippen LogP contribution >= 0.6 is 0 Å². The van der Waals surface area contributed by atoms with Gasteiger partial charge in [0.15, 0.2) is 5.75 Å². The Morgan fingerprint density at radius 1 is 0.923 bits per heavy atom. The molecule has 0 atom stereocenters. The number of nitrogens with zero attached hydrogens (tertiary/aromatic N) is 3. The Kier molecular flexibility index (Phi) is 4.93. The van der Waals surface area contributed by atoms with Crippen molar-refractivity contribution < 1.29 is 9.47 Å². The van der Waals surface area contributed by atoms with Gasteiger partial charge in [-0.2, -0.15) is 0 Å². The fraction of sp³-hybridized carbons (Fsp3) is 0.200. The van der Waals surface area contributed by atoms with Gasteiger partial charge < -0.3 is 19.7 Å². The zero-order chi connectivity index (χ0) is 17.6. The standard InChI is InChI=1S/C20H20N4O2/c1-2-6-16(7-3-1)26-18-9-5-4-8-17(18)23-19-14-20(22-15-21-19)24-10-12-25-13-11-24/h1-9,14-15H,10-13H2,(H,21,22,23). The fourth-order valence-electron chi connectivity index (χ4n) is 2.79. The van der Waals surface area contributed by atoms with Crippen molar-refractivity contribution in [2.45, 2.75) is 0 Å². The molecule has 0 unspecified atom stereocenters. The minimum atomic E-state index is 0.723. The van der Waals surface area contributed by atoms with Gasteiger partial charge in [-0.3, -0.25) is 0 Å². The van der Waals surface area contributed by atoms with Crippen LogP contribution in [0, 0.1) is 0 Å². The van der Waals surface area contributed by atoms with Gasteiger partial charge in [-0.25, -0.2) is 9.97 Å². The molecule has 1 aliphatic heterocycles. The SMILES string of the molecule is c1ccc(Oc2ccccc2Nc2cc(N3CCOCC3)ncn2)cc1. The van der Waals surface area contributed by atoms with Gasteiger partial charge >= 0.3 is 0 Å². The van der Waals surface area contributed by atoms with Crippen molar-refractivity contribution in [3.05, 3.63) is 67.0 Å². The Morgan fingerprint density at radius 3 is 2.54 bits per heavy atom. The topological polar surface area (TPSA) is 59.5 Å². The van der Waals surface area contributed by atoms with Gasteiger partial charge in [0.2, 0.25) is 0 Å². The van der Waals surface area contributed by atoms with Gasteiger partial charge in [0, 0.05) is 19.2 Å². The molecule has 1 aliphatic rings. The summed E-state index contributed by atoms with van der Waals surface area (Å²) in [6.07, 6.45) is 1.58. The smallest absolute Gasteiger partial charge is 0.150 e. The predicted octanol–water partition coefficient (Wildman–Crippen LogP) is 3.85. The molecule has 0 aliphatic carbocycles. The van der Waals surface area contributed by atoms with Gasteiger partial charge in [-0.1, -0.05) is 30.3 Å². The Balaban J connectivity index is 1.54. The van der Waals surface area contributed by atoms with Gasteiger partial charge in [0.1, 0.15) is 23.7 Å². The van der Waals surface area contributed by atoms with Crippen molar-refractivity contribution in [3.63, 3.8) is 0 Å². The molecule has 1 aromatic heterocycles. The first-order valence-electron chi connectivity index (χ1n) is 8.62. The summed E-state index contributed by atoms with van der Waals surface area (Å²) >= 11 is 0. The number of morpholine rings is 1. The average molecular weight is 348 g/mol. The molecule has 132 valence electrons. The molecule has 0 bridgehead atoms. The average Bonchev–Trinajstić information content (AvgIpc) is 2.71. The third-order valence-electron chi connectivity index (χ3n) is 4.11. The van der Waals surface area contributed by atoms with Crippen LogP contribution in [-0.4, -0.2) is 36.3 Å². The molecule has 1 fully saturated rings. The summed E-state index contributed by atoms with van der Waals surface area (Å²) in [7, 11) is 0. The second-order valence-corrected chi connectivity index (χ2v) is 5.90. The number of aromatic nitrogens is 2. The molecule has 4 rings (SSSR count). The molecule has 2 heterocycles. The number of ether oxygens (including phenoxy) is 2. The van der Waals surface area contributed by atoms with E-state index < -0.39 is 0 Å². The lowest BCUT2D eigenvalue weighted by Gasteiger charge is -2.27. The maximum atomic E-state index is 6.00. The Morgan fingerprint density at radius 2 is 1.69 bits per heavy atom. The van der Waals surface area contributed by atoms with Crippen LogP contribution in [0.15, 0.2) is 67.0 Å². The number of para-hydroxylation sites is 3. The first kappa shape index (κ1) is 16.4. The molecule has 3 aromatic rings. The van der Waals surface area contributed by atoms with Crippen LogP contribution in [0.5, 0.6) is 11.5 Å². The summed E-state index contributed by atoms with van der Waals surface area (Å²) in [5.41, 5.74) is 0.850. The summed E-state index contributed by atoms with van der Waals surface area (Å²) in [6.45, 7) is 3.12. The summed E-state index contributed by atoms with van der Waals surface area (Å²) in [5.74, 6) is 3.15. The molecule has 6 nitrogen and oxygen atoms in total. The molecular formula is C20H20N4O2. The zero-order valence-electron chi connectivity index (χ0n) is 14.3. The number of hydrogen-bond donors (Lipinski definition) is 1. The van der Waals surface area contributed by atoms with Crippen molar-refractivity contribution in [1.82, 2.24) is 9.97 Å². The Labute approximate surface area is 152 Å². The number of anilines is 3. The van der Waals surface area contributed by atoms with Crippen LogP contribution in [0.25, 0.3) is 0 Å². The molecule has 2 aromatic carbocycles. The maximum Gasteiger partial charge on any atom is 0.150 e. The first-order chi connectivity index (χ1) is 12.9. The minimum absolute atomic E-state index is 0.723. The molecule has 6 heteroatoms. The highest BCUT2D eigenvalue weighted by Gasteiger charge is 2.13. The van der Waals surface area contributed by atoms with E-state index in [0.29, 0.717) is 0 Å². The molecule has 0 amide bonds. The molecule has 1 N–H and O–H groups in total. The first-order valence-corrected chi connectivity index (χ1v) is 8.62. The van der Waals surface area contributed by atoms with Crippen LogP contribution in [0.1, 0.15) is 0 Å². The van der Waals surface area contributed by atoms with E-state index in [4.69, 9.17) is 9.47 Å². The van der Waals surface area contributed by atoms with Crippen molar-refractivity contribution in [2.24, 2.45) is 0 Å². The summed E-state index contributed by atoms with van der Waals surface area (Å²) in [4.78, 5) is 10.9. The lowest BCUT2D eigenvalue weighted by molar-refractivity contribution is 0.122. The maximum absolute atomic E-state index is 6.00. The van der Waals surface area contributed by atoms with Crippen LogP contribution in [0.3, 0.4) is 0 Å². The fourth-order valence-corrected chi connectivity index (χ4v) is 2.79. The van der Waals surface area contributed by atoms with E-state index in [9.17, 15) is 0 Å². The molecule has 0 saturated carbocycles. The van der Waals surface area contributed by atoms with E-state index in [1.165, 1.54) is 0 Å². The van der Waals surface area contributed by atoms with Crippen LogP contribution < -0.4 is 15.0 Å². The Bertz CT molecular complexity index is 851. The highest BCUT2D eigenvalue weighted by Crippen LogP contribution is 2.31. The molecule has 0 radical (unpaired) electrons. The molecular weight excluding hydrogens is 328 g/mol. The van der Waals surface area contributed by atoms with Crippen molar-refractivity contribution in [3.8, 4) is 11.5 Å². The summed E-state index contributed by atoms with van der Waals surface area (Å²) < 4.78 is 11.4. The van der Waals surface area contributed by atoms with E-state index in [1.807, 2.05) is 60.7 Å². The Hall–Kier alpha value is -3.12. The second-order valence-electron chi connectivity index (χ2n) is 5.90. The van der Waals surface area contributed by atoms with Gasteiger partial charge in [-0.15, -0.1) is 0 Å². The molecule has 26 heavy (non-hydrogen) atoms. The number of benzene rings is 2. The quantitative estimate of drug-likeness (QED) is 0.756. The van der Waals surface area contributed by atoms with Crippen molar-refractivity contribution >= 4 is 17.3 Å². The number of nitrogens with one attached hydrogen (secondary N) is 1. The van der Waals surface area contributed by atoms with Gasteiger partial charge in [-0.05, 0) is 24.3 Å². The third-order valence-corrected chi connectivity index (χ3v) is 4.11. The van der Waals surface area contributed by atoms with E-state index in [0.717, 1.165) is 55.1 Å². The normalized spacial score (nSPS) is 14.1. The zero-order valence-corrected chi connectivity index (χ0v) is 14.3. The predicted molar refractivity (Wildman–Crippen MR) is 101 cm³/mol. The summed E-state index contributed by atoms with van der Waals surface area (Å²) in [6, 6.07) is 19.5. The van der Waals surface area contributed by atoms with Crippen LogP contribution in [-0.2, 0) is 4.74 Å². The van der Waals surface area contributed by atoms with Crippen molar-refractivity contribution in [2.75, 3.05) is 36.5 Å². The van der Waals surface area contributed by atoms with Gasteiger partial charge in [0.25, 0.3) is 0 Å². The van der Waals surface area contributed by atoms with Crippen molar-refractivity contribution in [1.29, 1.82) is 0 Å². The largest absolute Gasteiger partial charge is 0.455 e. The lowest BCUT2D eigenvalue weighted by Crippen LogP contribution is -2.36. The summed E-state index contributed by atoms with van der Waals surface area (Å²) in [5, 5.41) is 3.34. The lowest BCUT2D eigenvalue weighted by atomic mass is 10.3. The second kappa shape index (κ2) is 7.84. The molecule has 0 spiro atoms. The van der Waals surface area contributed by atoms with E-state index >= 15 is 0 Å². The monoisotopic (exact) mass is 348 g/mol. The number of hydrogen-bond acceptors (Lipinski definition) is 6. The van der Waals surface area contributed by atoms with Crippen LogP contribution in [0.2, 0.25) is 0 Å². The third kappa shape index (κ3) is 3.92. The van der Waals surface area contributed by atoms with Crippen LogP contribution in [0.4, 0.5) is 17.3 Å². The highest BCUT2D eigenvalue weighted by atomic mass is 16.5. The minimum Gasteiger partial charge on any atom is -0.455 e. The van der Waals surface area contributed by atoms with E-state index in [1.54, 1.807) is 6.33 Å². The van der Waals surface area contributed by atoms with Gasteiger partial charge in [0.05, 0.1) is 18.9 Å². The van der Waals surface area contributed by atoms with E-state index in [-0.39, 0.29) is 0 Å².